The maximum atomic E-state index is 6.33. The first-order chi connectivity index (χ1) is 17.6. The molecule has 0 spiro atoms. The van der Waals surface area contributed by atoms with E-state index >= 15 is 0 Å². The summed E-state index contributed by atoms with van der Waals surface area (Å²) in [5.41, 5.74) is 8.31. The van der Waals surface area contributed by atoms with Crippen LogP contribution in [0.2, 0.25) is 0 Å². The van der Waals surface area contributed by atoms with E-state index in [1.165, 1.54) is 70.7 Å². The molecule has 0 unspecified atom stereocenters. The van der Waals surface area contributed by atoms with Gasteiger partial charge in [-0.3, -0.25) is 4.98 Å². The molecule has 5 aromatic rings. The van der Waals surface area contributed by atoms with E-state index in [9.17, 15) is 0 Å². The van der Waals surface area contributed by atoms with E-state index < -0.39 is 0 Å². The standard InChI is InChI=1S/C34H31NO/c1-34(2)29(31-21-24-13-7-9-15-30(24)36-31)20-25-16-17-35-33(32(25)34)26-18-23-12-6-8-14-27(23)28(19-26)22-10-4-3-5-11-22/h6-9,12-22H,3-5,10-11H2,1-2H3. The first-order valence-electron chi connectivity index (χ1n) is 13.3. The Balaban J connectivity index is 1.38. The van der Waals surface area contributed by atoms with Gasteiger partial charge in [-0.2, -0.15) is 0 Å². The lowest BCUT2D eigenvalue weighted by Gasteiger charge is -2.27. The topological polar surface area (TPSA) is 26.0 Å². The number of fused-ring (bicyclic) bond motifs is 3. The number of para-hydroxylation sites is 1. The molecule has 0 aliphatic heterocycles. The van der Waals surface area contributed by atoms with Crippen LogP contribution in [0.15, 0.2) is 83.4 Å². The summed E-state index contributed by atoms with van der Waals surface area (Å²) >= 11 is 0. The SMILES string of the molecule is CC1(C)C(c2cc3ccccc3o2)=Cc2ccnc(-c3cc(C4CCCCC4)c4ccccc4c3)c21. The Labute approximate surface area is 212 Å². The number of hydrogen-bond acceptors (Lipinski definition) is 2. The highest BCUT2D eigenvalue weighted by Crippen LogP contribution is 2.51. The molecule has 3 aromatic carbocycles. The van der Waals surface area contributed by atoms with E-state index in [4.69, 9.17) is 9.40 Å². The van der Waals surface area contributed by atoms with Crippen LogP contribution in [0.3, 0.4) is 0 Å². The highest BCUT2D eigenvalue weighted by atomic mass is 16.3. The van der Waals surface area contributed by atoms with Crippen LogP contribution in [0.1, 0.15) is 74.3 Å². The van der Waals surface area contributed by atoms with Crippen molar-refractivity contribution in [2.24, 2.45) is 0 Å². The predicted octanol–water partition coefficient (Wildman–Crippen LogP) is 9.53. The molecule has 2 aliphatic carbocycles. The van der Waals surface area contributed by atoms with Crippen molar-refractivity contribution in [2.45, 2.75) is 57.3 Å². The summed E-state index contributed by atoms with van der Waals surface area (Å²) in [4.78, 5) is 5.02. The average Bonchev–Trinajstić information content (AvgIpc) is 3.46. The molecule has 0 amide bonds. The quantitative estimate of drug-likeness (QED) is 0.263. The Hall–Kier alpha value is -3.65. The third-order valence-corrected chi connectivity index (χ3v) is 8.48. The number of aromatic nitrogens is 1. The smallest absolute Gasteiger partial charge is 0.134 e. The van der Waals surface area contributed by atoms with Crippen molar-refractivity contribution in [3.8, 4) is 11.3 Å². The summed E-state index contributed by atoms with van der Waals surface area (Å²) in [6.07, 6.45) is 10.9. The van der Waals surface area contributed by atoms with E-state index in [0.717, 1.165) is 22.4 Å². The molecule has 1 fully saturated rings. The predicted molar refractivity (Wildman–Crippen MR) is 150 cm³/mol. The van der Waals surface area contributed by atoms with Crippen LogP contribution in [-0.4, -0.2) is 4.98 Å². The maximum absolute atomic E-state index is 6.33. The molecule has 0 atom stereocenters. The fourth-order valence-electron chi connectivity index (χ4n) is 6.67. The number of furan rings is 1. The summed E-state index contributed by atoms with van der Waals surface area (Å²) in [5.74, 6) is 1.59. The van der Waals surface area contributed by atoms with Gasteiger partial charge in [-0.1, -0.05) is 75.6 Å². The second kappa shape index (κ2) is 8.20. The molecule has 7 rings (SSSR count). The van der Waals surface area contributed by atoms with E-state index in [2.05, 4.69) is 80.6 Å². The second-order valence-corrected chi connectivity index (χ2v) is 11.1. The molecule has 2 heterocycles. The number of hydrogen-bond donors (Lipinski definition) is 0. The molecule has 0 N–H and O–H groups in total. The van der Waals surface area contributed by atoms with Gasteiger partial charge >= 0.3 is 0 Å². The molecule has 2 heteroatoms. The molecular formula is C34H31NO. The lowest BCUT2D eigenvalue weighted by Crippen LogP contribution is -2.18. The van der Waals surface area contributed by atoms with Crippen LogP contribution in [0.5, 0.6) is 0 Å². The van der Waals surface area contributed by atoms with Crippen molar-refractivity contribution in [2.75, 3.05) is 0 Å². The van der Waals surface area contributed by atoms with Crippen LogP contribution in [0, 0.1) is 0 Å². The van der Waals surface area contributed by atoms with Crippen molar-refractivity contribution in [3.63, 3.8) is 0 Å². The molecule has 0 bridgehead atoms. The van der Waals surface area contributed by atoms with Gasteiger partial charge in [0.05, 0.1) is 5.69 Å². The molecule has 2 aliphatic rings. The summed E-state index contributed by atoms with van der Waals surface area (Å²) in [7, 11) is 0. The fourth-order valence-corrected chi connectivity index (χ4v) is 6.67. The minimum Gasteiger partial charge on any atom is -0.456 e. The lowest BCUT2D eigenvalue weighted by atomic mass is 9.77. The number of allylic oxidation sites excluding steroid dienone is 1. The van der Waals surface area contributed by atoms with Crippen molar-refractivity contribution in [1.82, 2.24) is 4.98 Å². The monoisotopic (exact) mass is 469 g/mol. The van der Waals surface area contributed by atoms with Gasteiger partial charge < -0.3 is 4.42 Å². The van der Waals surface area contributed by atoms with Gasteiger partial charge in [-0.25, -0.2) is 0 Å². The molecule has 1 saturated carbocycles. The minimum atomic E-state index is -0.219. The molecule has 36 heavy (non-hydrogen) atoms. The van der Waals surface area contributed by atoms with Crippen LogP contribution in [-0.2, 0) is 5.41 Å². The molecule has 0 saturated heterocycles. The van der Waals surface area contributed by atoms with Gasteiger partial charge in [-0.15, -0.1) is 0 Å². The van der Waals surface area contributed by atoms with Crippen LogP contribution in [0.25, 0.3) is 44.6 Å². The van der Waals surface area contributed by atoms with E-state index in [0.29, 0.717) is 5.92 Å². The van der Waals surface area contributed by atoms with Crippen LogP contribution in [0.4, 0.5) is 0 Å². The zero-order valence-electron chi connectivity index (χ0n) is 21.1. The van der Waals surface area contributed by atoms with Gasteiger partial charge in [0.25, 0.3) is 0 Å². The third kappa shape index (κ3) is 3.35. The van der Waals surface area contributed by atoms with E-state index in [1.807, 2.05) is 18.3 Å². The van der Waals surface area contributed by atoms with E-state index in [1.54, 1.807) is 0 Å². The molecule has 178 valence electrons. The second-order valence-electron chi connectivity index (χ2n) is 11.1. The third-order valence-electron chi connectivity index (χ3n) is 8.48. The first kappa shape index (κ1) is 21.6. The molecule has 2 nitrogen and oxygen atoms in total. The maximum Gasteiger partial charge on any atom is 0.134 e. The van der Waals surface area contributed by atoms with Crippen LogP contribution >= 0.6 is 0 Å². The van der Waals surface area contributed by atoms with Gasteiger partial charge in [0.2, 0.25) is 0 Å². The Morgan fingerprint density at radius 2 is 1.61 bits per heavy atom. The molecule has 2 aromatic heterocycles. The minimum absolute atomic E-state index is 0.219. The average molecular weight is 470 g/mol. The van der Waals surface area contributed by atoms with Crippen molar-refractivity contribution in [3.05, 3.63) is 101 Å². The number of benzene rings is 3. The summed E-state index contributed by atoms with van der Waals surface area (Å²) in [5, 5.41) is 3.86. The zero-order valence-corrected chi connectivity index (χ0v) is 21.1. The highest BCUT2D eigenvalue weighted by Gasteiger charge is 2.38. The summed E-state index contributed by atoms with van der Waals surface area (Å²) in [6, 6.07) is 26.3. The van der Waals surface area contributed by atoms with Crippen molar-refractivity contribution < 1.29 is 4.42 Å². The first-order valence-corrected chi connectivity index (χ1v) is 13.3. The summed E-state index contributed by atoms with van der Waals surface area (Å²) in [6.45, 7) is 4.62. The highest BCUT2D eigenvalue weighted by molar-refractivity contribution is 5.98. The van der Waals surface area contributed by atoms with Gasteiger partial charge in [-0.05, 0) is 82.6 Å². The Bertz CT molecular complexity index is 1610. The normalized spacial score (nSPS) is 17.4. The van der Waals surface area contributed by atoms with Gasteiger partial charge in [0.1, 0.15) is 11.3 Å². The number of nitrogens with zero attached hydrogens (tertiary/aromatic N) is 1. The Morgan fingerprint density at radius 3 is 2.44 bits per heavy atom. The Morgan fingerprint density at radius 1 is 0.833 bits per heavy atom. The molecular weight excluding hydrogens is 438 g/mol. The Kier molecular flexibility index (Phi) is 4.92. The van der Waals surface area contributed by atoms with E-state index in [-0.39, 0.29) is 5.41 Å². The number of pyridine rings is 1. The van der Waals surface area contributed by atoms with Crippen LogP contribution < -0.4 is 0 Å². The lowest BCUT2D eigenvalue weighted by molar-refractivity contribution is 0.445. The number of rotatable bonds is 3. The molecule has 0 radical (unpaired) electrons. The van der Waals surface area contributed by atoms with Gasteiger partial charge in [0, 0.05) is 28.1 Å². The van der Waals surface area contributed by atoms with Crippen molar-refractivity contribution in [1.29, 1.82) is 0 Å². The fraction of sp³-hybridized carbons (Fsp3) is 0.265. The summed E-state index contributed by atoms with van der Waals surface area (Å²) < 4.78 is 6.33. The van der Waals surface area contributed by atoms with Crippen molar-refractivity contribution >= 4 is 33.4 Å². The van der Waals surface area contributed by atoms with Gasteiger partial charge in [0.15, 0.2) is 0 Å². The largest absolute Gasteiger partial charge is 0.456 e. The zero-order chi connectivity index (χ0) is 24.3.